The number of carbonyl (C=O) groups excluding carboxylic acids is 1. The van der Waals surface area contributed by atoms with Crippen molar-refractivity contribution in [2.75, 3.05) is 0 Å². The maximum atomic E-state index is 10.6. The van der Waals surface area contributed by atoms with Crippen LogP contribution in [-0.4, -0.2) is 30.2 Å². The summed E-state index contributed by atoms with van der Waals surface area (Å²) in [6.07, 6.45) is 5.70. The highest BCUT2D eigenvalue weighted by Crippen LogP contribution is 2.42. The van der Waals surface area contributed by atoms with E-state index in [2.05, 4.69) is 102 Å². The summed E-state index contributed by atoms with van der Waals surface area (Å²) in [4.78, 5) is 10.6. The summed E-state index contributed by atoms with van der Waals surface area (Å²) in [7, 11) is 0. The minimum Gasteiger partial charge on any atom is -0.375 e. The third-order valence-corrected chi connectivity index (χ3v) is 10.7. The highest BCUT2D eigenvalue weighted by atomic mass is 16.5. The van der Waals surface area contributed by atoms with E-state index in [1.807, 2.05) is 13.8 Å². The molecule has 0 aliphatic carbocycles. The molecule has 3 heteroatoms. The second-order valence-corrected chi connectivity index (χ2v) is 12.6. The molecule has 0 aromatic carbocycles. The Kier molecular flexibility index (Phi) is 16.6. The molecule has 37 heavy (non-hydrogen) atoms. The Hall–Kier alpha value is -0.850. The summed E-state index contributed by atoms with van der Waals surface area (Å²) in [5.74, 6) is 11.7. The summed E-state index contributed by atoms with van der Waals surface area (Å²) in [6, 6.07) is 0. The monoisotopic (exact) mass is 520 g/mol. The zero-order chi connectivity index (χ0) is 29.1. The van der Waals surface area contributed by atoms with E-state index in [9.17, 15) is 4.79 Å². The van der Waals surface area contributed by atoms with Gasteiger partial charge in [0.15, 0.2) is 0 Å². The largest absolute Gasteiger partial charge is 0.375 e. The van der Waals surface area contributed by atoms with Crippen LogP contribution >= 0.6 is 0 Å². The number of hydrogen-bond donors (Lipinski definition) is 0. The van der Waals surface area contributed by atoms with Crippen LogP contribution in [0.2, 0.25) is 0 Å². The Balaban J connectivity index is 0.000000526. The van der Waals surface area contributed by atoms with Crippen LogP contribution < -0.4 is 0 Å². The van der Waals surface area contributed by atoms with Gasteiger partial charge in [-0.3, -0.25) is 0 Å². The van der Waals surface area contributed by atoms with Gasteiger partial charge in [-0.25, -0.2) is 0 Å². The Labute approximate surface area is 232 Å². The van der Waals surface area contributed by atoms with Gasteiger partial charge in [0, 0.05) is 11.8 Å². The van der Waals surface area contributed by atoms with E-state index in [0.717, 1.165) is 36.9 Å². The number of carbonyl (C=O) groups is 1. The fourth-order valence-corrected chi connectivity index (χ4v) is 5.96. The summed E-state index contributed by atoms with van der Waals surface area (Å²) in [5, 5.41) is 0. The fourth-order valence-electron chi connectivity index (χ4n) is 5.96. The number of rotatable bonds is 7. The lowest BCUT2D eigenvalue weighted by molar-refractivity contribution is -0.125. The van der Waals surface area contributed by atoms with Crippen LogP contribution in [0.15, 0.2) is 0 Å². The molecule has 2 aliphatic heterocycles. The highest BCUT2D eigenvalue weighted by Gasteiger charge is 2.46. The lowest BCUT2D eigenvalue weighted by Gasteiger charge is -2.42. The highest BCUT2D eigenvalue weighted by molar-refractivity contribution is 5.53. The third kappa shape index (κ3) is 9.69. The molecule has 218 valence electrons. The van der Waals surface area contributed by atoms with Gasteiger partial charge in [0.1, 0.15) is 11.9 Å². The molecule has 0 saturated carbocycles. The second-order valence-electron chi connectivity index (χ2n) is 12.6. The van der Waals surface area contributed by atoms with E-state index in [0.29, 0.717) is 47.9 Å². The SMILES string of the molecule is CC#CC1(CC)OC(C)C(C)C1C.CCC(C)C(C)C(C)C(C)C=O.CCC1OC(C)C(C)C(C)C1C. The standard InChI is InChI=1S/C12H20O.2C11H22O/c1-6-8-12(7-2)10(4)9(3)11(5)13-12;1-6-11-9(4)7(2)8(3)10(5)12-11;1-6-8(2)10(4)11(5)9(3)7-12/h9-11H,7H2,1-5H3;2*7-11H,6H2,1-5H3. The van der Waals surface area contributed by atoms with Crippen molar-refractivity contribution in [3.8, 4) is 11.8 Å². The Morgan fingerprint density at radius 3 is 1.76 bits per heavy atom. The topological polar surface area (TPSA) is 35.5 Å². The fraction of sp³-hybridized carbons (Fsp3) is 0.912. The summed E-state index contributed by atoms with van der Waals surface area (Å²) < 4.78 is 11.9. The van der Waals surface area contributed by atoms with Crippen molar-refractivity contribution in [1.82, 2.24) is 0 Å². The molecule has 0 N–H and O–H groups in total. The molecule has 2 saturated heterocycles. The second kappa shape index (κ2) is 17.0. The quantitative estimate of drug-likeness (QED) is 0.248. The van der Waals surface area contributed by atoms with Gasteiger partial charge in [-0.1, -0.05) is 95.4 Å². The van der Waals surface area contributed by atoms with Gasteiger partial charge in [0.05, 0.1) is 18.3 Å². The lowest BCUT2D eigenvalue weighted by atomic mass is 9.76. The molecule has 13 atom stereocenters. The van der Waals surface area contributed by atoms with Crippen LogP contribution in [0.3, 0.4) is 0 Å². The van der Waals surface area contributed by atoms with Gasteiger partial charge < -0.3 is 14.3 Å². The first-order valence-electron chi connectivity index (χ1n) is 15.4. The zero-order valence-corrected chi connectivity index (χ0v) is 27.4. The summed E-state index contributed by atoms with van der Waals surface area (Å²) >= 11 is 0. The molecule has 0 spiro atoms. The van der Waals surface area contributed by atoms with Gasteiger partial charge >= 0.3 is 0 Å². The third-order valence-electron chi connectivity index (χ3n) is 10.7. The molecular formula is C34H64O3. The molecule has 2 aliphatic rings. The Bertz CT molecular complexity index is 688. The first-order valence-corrected chi connectivity index (χ1v) is 15.4. The maximum Gasteiger partial charge on any atom is 0.131 e. The first kappa shape index (κ1) is 36.1. The predicted molar refractivity (Wildman–Crippen MR) is 160 cm³/mol. The predicted octanol–water partition coefficient (Wildman–Crippen LogP) is 9.08. The molecule has 0 bridgehead atoms. The van der Waals surface area contributed by atoms with E-state index < -0.39 is 0 Å². The van der Waals surface area contributed by atoms with E-state index in [4.69, 9.17) is 9.47 Å². The van der Waals surface area contributed by atoms with Gasteiger partial charge in [-0.2, -0.15) is 0 Å². The van der Waals surface area contributed by atoms with Crippen LogP contribution in [0.25, 0.3) is 0 Å². The van der Waals surface area contributed by atoms with Crippen LogP contribution in [0.1, 0.15) is 123 Å². The van der Waals surface area contributed by atoms with Crippen molar-refractivity contribution in [2.24, 2.45) is 53.3 Å². The molecule has 0 radical (unpaired) electrons. The van der Waals surface area contributed by atoms with Gasteiger partial charge in [0.25, 0.3) is 0 Å². The van der Waals surface area contributed by atoms with Crippen LogP contribution in [0.4, 0.5) is 0 Å². The molecule has 0 aromatic heterocycles. The summed E-state index contributed by atoms with van der Waals surface area (Å²) in [6.45, 7) is 33.0. The van der Waals surface area contributed by atoms with Gasteiger partial charge in [-0.15, -0.1) is 5.92 Å². The van der Waals surface area contributed by atoms with Crippen molar-refractivity contribution in [2.45, 2.75) is 147 Å². The minimum atomic E-state index is -0.173. The molecule has 2 fully saturated rings. The molecule has 0 aromatic rings. The normalized spacial score (nSPS) is 38.4. The maximum absolute atomic E-state index is 10.6. The van der Waals surface area contributed by atoms with E-state index in [1.165, 1.54) is 6.42 Å². The summed E-state index contributed by atoms with van der Waals surface area (Å²) in [5.41, 5.74) is -0.173. The molecule has 3 nitrogen and oxygen atoms in total. The van der Waals surface area contributed by atoms with Crippen molar-refractivity contribution in [3.63, 3.8) is 0 Å². The lowest BCUT2D eigenvalue weighted by Crippen LogP contribution is -2.42. The van der Waals surface area contributed by atoms with E-state index >= 15 is 0 Å². The van der Waals surface area contributed by atoms with E-state index in [1.54, 1.807) is 0 Å². The zero-order valence-electron chi connectivity index (χ0n) is 27.4. The molecular weight excluding hydrogens is 456 g/mol. The number of hydrogen-bond acceptors (Lipinski definition) is 3. The van der Waals surface area contributed by atoms with Crippen molar-refractivity contribution >= 4 is 6.29 Å². The van der Waals surface area contributed by atoms with Crippen LogP contribution in [0.5, 0.6) is 0 Å². The average molecular weight is 521 g/mol. The Morgan fingerprint density at radius 1 is 0.811 bits per heavy atom. The minimum absolute atomic E-state index is 0.173. The number of ether oxygens (including phenoxy) is 2. The molecule has 0 amide bonds. The van der Waals surface area contributed by atoms with Crippen molar-refractivity contribution in [3.05, 3.63) is 0 Å². The average Bonchev–Trinajstić information content (AvgIpc) is 3.12. The molecule has 2 rings (SSSR count). The smallest absolute Gasteiger partial charge is 0.131 e. The number of aldehydes is 1. The van der Waals surface area contributed by atoms with Crippen LogP contribution in [-0.2, 0) is 14.3 Å². The Morgan fingerprint density at radius 2 is 1.38 bits per heavy atom. The molecule has 2 heterocycles. The van der Waals surface area contributed by atoms with Crippen molar-refractivity contribution < 1.29 is 14.3 Å². The first-order chi connectivity index (χ1) is 17.2. The van der Waals surface area contributed by atoms with Gasteiger partial charge in [-0.05, 0) is 75.0 Å². The van der Waals surface area contributed by atoms with Gasteiger partial charge in [0.2, 0.25) is 0 Å². The van der Waals surface area contributed by atoms with Crippen LogP contribution in [0, 0.1) is 65.1 Å². The van der Waals surface area contributed by atoms with E-state index in [-0.39, 0.29) is 11.5 Å². The molecule has 13 unspecified atom stereocenters. The van der Waals surface area contributed by atoms with Crippen molar-refractivity contribution in [1.29, 1.82) is 0 Å².